The molecule has 0 aliphatic rings. The van der Waals surface area contributed by atoms with Gasteiger partial charge in [0.25, 0.3) is 0 Å². The Morgan fingerprint density at radius 3 is 2.62 bits per heavy atom. The lowest BCUT2D eigenvalue weighted by Gasteiger charge is -2.23. The van der Waals surface area contributed by atoms with Gasteiger partial charge in [0.1, 0.15) is 5.82 Å². The van der Waals surface area contributed by atoms with Crippen LogP contribution in [0.1, 0.15) is 20.3 Å². The maximum Gasteiger partial charge on any atom is 0.148 e. The Kier molecular flexibility index (Phi) is 4.55. The van der Waals surface area contributed by atoms with Crippen molar-refractivity contribution in [2.45, 2.75) is 26.3 Å². The average molecular weight is 226 g/mol. The number of anilines is 2. The van der Waals surface area contributed by atoms with Crippen LogP contribution in [0, 0.1) is 11.7 Å². The predicted octanol–water partition coefficient (Wildman–Crippen LogP) is 2.23. The Morgan fingerprint density at radius 1 is 1.44 bits per heavy atom. The summed E-state index contributed by atoms with van der Waals surface area (Å²) in [5.74, 6) is -0.0345. The van der Waals surface area contributed by atoms with Gasteiger partial charge in [0, 0.05) is 18.3 Å². The quantitative estimate of drug-likeness (QED) is 0.675. The normalized spacial score (nSPS) is 12.8. The molecule has 90 valence electrons. The Labute approximate surface area is 95.5 Å². The third-order valence-corrected chi connectivity index (χ3v) is 2.58. The predicted molar refractivity (Wildman–Crippen MR) is 64.8 cm³/mol. The summed E-state index contributed by atoms with van der Waals surface area (Å²) in [5, 5.41) is 12.0. The minimum Gasteiger partial charge on any atom is -0.399 e. The van der Waals surface area contributed by atoms with Gasteiger partial charge >= 0.3 is 0 Å². The Morgan fingerprint density at radius 2 is 2.12 bits per heavy atom. The van der Waals surface area contributed by atoms with Crippen LogP contribution in [0.2, 0.25) is 0 Å². The Hall–Kier alpha value is -1.29. The summed E-state index contributed by atoms with van der Waals surface area (Å²) in [6.07, 6.45) is 0.599. The topological polar surface area (TPSA) is 58.3 Å². The number of hydrogen-bond donors (Lipinski definition) is 3. The van der Waals surface area contributed by atoms with Gasteiger partial charge < -0.3 is 16.2 Å². The highest BCUT2D eigenvalue weighted by molar-refractivity contribution is 5.53. The molecular formula is C12H19FN2O. The maximum atomic E-state index is 13.5. The zero-order valence-electron chi connectivity index (χ0n) is 9.70. The second kappa shape index (κ2) is 5.70. The molecule has 1 aromatic carbocycles. The largest absolute Gasteiger partial charge is 0.399 e. The van der Waals surface area contributed by atoms with Crippen molar-refractivity contribution in [2.75, 3.05) is 17.7 Å². The third-order valence-electron chi connectivity index (χ3n) is 2.58. The molecule has 1 rings (SSSR count). The van der Waals surface area contributed by atoms with Crippen molar-refractivity contribution in [1.82, 2.24) is 0 Å². The maximum absolute atomic E-state index is 13.5. The molecule has 0 aliphatic carbocycles. The van der Waals surface area contributed by atoms with Crippen molar-refractivity contribution in [3.8, 4) is 0 Å². The van der Waals surface area contributed by atoms with Crippen molar-refractivity contribution >= 4 is 11.4 Å². The standard InChI is InChI=1S/C12H19FN2O/c1-8(2)11(5-6-16)15-12-4-3-9(14)7-10(12)13/h3-4,7-8,11,15-16H,5-6,14H2,1-2H3. The molecule has 1 unspecified atom stereocenters. The first-order valence-corrected chi connectivity index (χ1v) is 5.47. The number of aliphatic hydroxyl groups excluding tert-OH is 1. The molecule has 1 aromatic rings. The van der Waals surface area contributed by atoms with Gasteiger partial charge in [0.2, 0.25) is 0 Å². The van der Waals surface area contributed by atoms with E-state index < -0.39 is 0 Å². The van der Waals surface area contributed by atoms with Crippen LogP contribution >= 0.6 is 0 Å². The first-order chi connectivity index (χ1) is 7.54. The molecule has 0 radical (unpaired) electrons. The van der Waals surface area contributed by atoms with Gasteiger partial charge in [0.05, 0.1) is 5.69 Å². The van der Waals surface area contributed by atoms with Crippen molar-refractivity contribution in [3.63, 3.8) is 0 Å². The highest BCUT2D eigenvalue weighted by Gasteiger charge is 2.14. The van der Waals surface area contributed by atoms with Crippen LogP contribution in [-0.2, 0) is 0 Å². The molecule has 1 atom stereocenters. The van der Waals surface area contributed by atoms with Gasteiger partial charge in [0.15, 0.2) is 0 Å². The van der Waals surface area contributed by atoms with Crippen molar-refractivity contribution < 1.29 is 9.50 Å². The fraction of sp³-hybridized carbons (Fsp3) is 0.500. The van der Waals surface area contributed by atoms with Crippen LogP contribution in [0.4, 0.5) is 15.8 Å². The second-order valence-corrected chi connectivity index (χ2v) is 4.25. The van der Waals surface area contributed by atoms with E-state index in [1.165, 1.54) is 6.07 Å². The van der Waals surface area contributed by atoms with E-state index in [4.69, 9.17) is 10.8 Å². The summed E-state index contributed by atoms with van der Waals surface area (Å²) < 4.78 is 13.5. The average Bonchev–Trinajstić information content (AvgIpc) is 2.20. The molecule has 0 aliphatic heterocycles. The van der Waals surface area contributed by atoms with Gasteiger partial charge in [-0.05, 0) is 30.5 Å². The molecule has 3 nitrogen and oxygen atoms in total. The number of nitrogens with two attached hydrogens (primary N) is 1. The minimum absolute atomic E-state index is 0.0584. The zero-order chi connectivity index (χ0) is 12.1. The van der Waals surface area contributed by atoms with Gasteiger partial charge in [-0.3, -0.25) is 0 Å². The first-order valence-electron chi connectivity index (χ1n) is 5.47. The lowest BCUT2D eigenvalue weighted by molar-refractivity contribution is 0.267. The van der Waals surface area contributed by atoms with Crippen molar-refractivity contribution in [1.29, 1.82) is 0 Å². The van der Waals surface area contributed by atoms with E-state index in [1.807, 2.05) is 13.8 Å². The number of hydrogen-bond acceptors (Lipinski definition) is 3. The molecule has 0 saturated carbocycles. The molecule has 4 N–H and O–H groups in total. The van der Waals surface area contributed by atoms with Crippen LogP contribution < -0.4 is 11.1 Å². The van der Waals surface area contributed by atoms with Crippen LogP contribution in [-0.4, -0.2) is 17.8 Å². The molecule has 0 bridgehead atoms. The summed E-state index contributed by atoms with van der Waals surface area (Å²) in [7, 11) is 0. The molecule has 0 fully saturated rings. The van der Waals surface area contributed by atoms with Crippen LogP contribution in [0.5, 0.6) is 0 Å². The van der Waals surface area contributed by atoms with Crippen LogP contribution in [0.3, 0.4) is 0 Å². The number of benzene rings is 1. The van der Waals surface area contributed by atoms with E-state index in [0.717, 1.165) is 0 Å². The molecule has 0 aromatic heterocycles. The van der Waals surface area contributed by atoms with Crippen LogP contribution in [0.15, 0.2) is 18.2 Å². The molecule has 16 heavy (non-hydrogen) atoms. The number of rotatable bonds is 5. The summed E-state index contributed by atoms with van der Waals surface area (Å²) in [6.45, 7) is 4.15. The number of nitrogens with one attached hydrogen (secondary N) is 1. The van der Waals surface area contributed by atoms with Gasteiger partial charge in [-0.2, -0.15) is 0 Å². The zero-order valence-corrected chi connectivity index (χ0v) is 9.70. The highest BCUT2D eigenvalue weighted by atomic mass is 19.1. The number of nitrogen functional groups attached to an aromatic ring is 1. The Bertz CT molecular complexity index is 342. The molecule has 0 spiro atoms. The SMILES string of the molecule is CC(C)C(CCO)Nc1ccc(N)cc1F. The highest BCUT2D eigenvalue weighted by Crippen LogP contribution is 2.20. The summed E-state index contributed by atoms with van der Waals surface area (Å²) in [6, 6.07) is 4.63. The smallest absolute Gasteiger partial charge is 0.148 e. The van der Waals surface area contributed by atoms with E-state index in [1.54, 1.807) is 12.1 Å². The summed E-state index contributed by atoms with van der Waals surface area (Å²) >= 11 is 0. The fourth-order valence-electron chi connectivity index (χ4n) is 1.56. The van der Waals surface area contributed by atoms with Crippen molar-refractivity contribution in [2.24, 2.45) is 5.92 Å². The van der Waals surface area contributed by atoms with E-state index in [2.05, 4.69) is 5.32 Å². The fourth-order valence-corrected chi connectivity index (χ4v) is 1.56. The molecule has 0 saturated heterocycles. The Balaban J connectivity index is 2.77. The molecule has 0 heterocycles. The molecular weight excluding hydrogens is 207 g/mol. The summed E-state index contributed by atoms with van der Waals surface area (Å²) in [5.41, 5.74) is 6.31. The minimum atomic E-state index is -0.358. The first kappa shape index (κ1) is 12.8. The van der Waals surface area contributed by atoms with Crippen LogP contribution in [0.25, 0.3) is 0 Å². The lowest BCUT2D eigenvalue weighted by Crippen LogP contribution is -2.27. The molecule has 0 amide bonds. The van der Waals surface area contributed by atoms with Gasteiger partial charge in [-0.1, -0.05) is 13.8 Å². The van der Waals surface area contributed by atoms with E-state index >= 15 is 0 Å². The van der Waals surface area contributed by atoms with E-state index in [0.29, 0.717) is 23.7 Å². The van der Waals surface area contributed by atoms with E-state index in [9.17, 15) is 4.39 Å². The number of halogens is 1. The third kappa shape index (κ3) is 3.38. The second-order valence-electron chi connectivity index (χ2n) is 4.25. The summed E-state index contributed by atoms with van der Waals surface area (Å²) in [4.78, 5) is 0. The van der Waals surface area contributed by atoms with Crippen molar-refractivity contribution in [3.05, 3.63) is 24.0 Å². The number of aliphatic hydroxyl groups is 1. The van der Waals surface area contributed by atoms with Gasteiger partial charge in [-0.15, -0.1) is 0 Å². The lowest BCUT2D eigenvalue weighted by atomic mass is 10.0. The van der Waals surface area contributed by atoms with Gasteiger partial charge in [-0.25, -0.2) is 4.39 Å². The molecule has 4 heteroatoms. The monoisotopic (exact) mass is 226 g/mol. The van der Waals surface area contributed by atoms with E-state index in [-0.39, 0.29) is 18.5 Å².